The summed E-state index contributed by atoms with van der Waals surface area (Å²) in [6.45, 7) is 0. The monoisotopic (exact) mass is 762 g/mol. The molecule has 4 nitrogen and oxygen atoms in total. The molecule has 0 bridgehead atoms. The van der Waals surface area contributed by atoms with Crippen molar-refractivity contribution in [3.8, 4) is 35.4 Å². The van der Waals surface area contributed by atoms with Crippen molar-refractivity contribution >= 4 is 21.9 Å². The standard InChI is InChI=1S/C36H8F14N4/c37-27-22(11-53)28(38)32(42)25(31(27)41)20(9-51)19-8-18(13-5-14(35(45,46)47)7-15(6-13)36(48,49)50)24(17-4-2-1-3-16(17)19)21(10-52)26-33(43)29(39)23(12-54)30(40)34(26)44/h1-8H/b20-19+,24-21+. The van der Waals surface area contributed by atoms with E-state index in [0.29, 0.717) is 6.07 Å². The lowest BCUT2D eigenvalue weighted by Crippen LogP contribution is -2.22. The molecule has 0 atom stereocenters. The van der Waals surface area contributed by atoms with Gasteiger partial charge in [0.1, 0.15) is 35.4 Å². The van der Waals surface area contributed by atoms with Crippen LogP contribution in [0.4, 0.5) is 61.5 Å². The molecule has 0 spiro atoms. The minimum absolute atomic E-state index is 0.0164. The largest absolute Gasteiger partial charge is 0.416 e. The van der Waals surface area contributed by atoms with Crippen LogP contribution in [0, 0.1) is 91.9 Å². The Kier molecular flexibility index (Phi) is 9.63. The number of nitriles is 4. The van der Waals surface area contributed by atoms with Gasteiger partial charge in [0.05, 0.1) is 33.4 Å². The van der Waals surface area contributed by atoms with Crippen molar-refractivity contribution in [3.63, 3.8) is 0 Å². The number of hydrogen-bond donors (Lipinski definition) is 0. The molecular weight excluding hydrogens is 754 g/mol. The van der Waals surface area contributed by atoms with Crippen LogP contribution in [0.1, 0.15) is 33.4 Å². The fourth-order valence-electron chi connectivity index (χ4n) is 5.58. The van der Waals surface area contributed by atoms with Crippen LogP contribution in [0.3, 0.4) is 0 Å². The van der Waals surface area contributed by atoms with Crippen molar-refractivity contribution in [2.24, 2.45) is 0 Å². The molecule has 0 radical (unpaired) electrons. The van der Waals surface area contributed by atoms with Gasteiger partial charge in [-0.15, -0.1) is 0 Å². The maximum Gasteiger partial charge on any atom is 0.416 e. The molecule has 0 heterocycles. The topological polar surface area (TPSA) is 95.2 Å². The fourth-order valence-corrected chi connectivity index (χ4v) is 5.58. The third-order valence-corrected chi connectivity index (χ3v) is 7.94. The molecule has 0 amide bonds. The summed E-state index contributed by atoms with van der Waals surface area (Å²) in [7, 11) is 0. The molecule has 270 valence electrons. The van der Waals surface area contributed by atoms with Crippen molar-refractivity contribution in [1.82, 2.24) is 0 Å². The van der Waals surface area contributed by atoms with Crippen LogP contribution in [0.25, 0.3) is 33.0 Å². The lowest BCUT2D eigenvalue weighted by molar-refractivity contribution is -0.143. The van der Waals surface area contributed by atoms with Gasteiger partial charge in [-0.05, 0) is 46.2 Å². The summed E-state index contributed by atoms with van der Waals surface area (Å²) in [4.78, 5) is 0. The van der Waals surface area contributed by atoms with Crippen molar-refractivity contribution in [2.75, 3.05) is 0 Å². The molecular formula is C36H8F14N4. The highest BCUT2D eigenvalue weighted by Gasteiger charge is 2.38. The van der Waals surface area contributed by atoms with Gasteiger partial charge in [0.25, 0.3) is 0 Å². The smallest absolute Gasteiger partial charge is 0.203 e. The minimum atomic E-state index is -5.57. The van der Waals surface area contributed by atoms with E-state index in [-0.39, 0.29) is 18.2 Å². The Bertz CT molecular complexity index is 2680. The highest BCUT2D eigenvalue weighted by molar-refractivity contribution is 5.98. The molecule has 0 aromatic heterocycles. The van der Waals surface area contributed by atoms with E-state index in [9.17, 15) is 54.4 Å². The van der Waals surface area contributed by atoms with Gasteiger partial charge in [-0.3, -0.25) is 0 Å². The number of fused-ring (bicyclic) bond motifs is 1. The lowest BCUT2D eigenvalue weighted by atomic mass is 9.88. The average Bonchev–Trinajstić information content (AvgIpc) is 3.13. The second-order valence-corrected chi connectivity index (χ2v) is 10.9. The number of halogens is 14. The highest BCUT2D eigenvalue weighted by atomic mass is 19.4. The van der Waals surface area contributed by atoms with Crippen molar-refractivity contribution in [1.29, 1.82) is 21.0 Å². The third-order valence-electron chi connectivity index (χ3n) is 7.94. The maximum absolute atomic E-state index is 15.5. The molecule has 0 aliphatic heterocycles. The van der Waals surface area contributed by atoms with E-state index < -0.39 is 136 Å². The average molecular weight is 762 g/mol. The summed E-state index contributed by atoms with van der Waals surface area (Å²) in [5.41, 5.74) is -16.7. The zero-order valence-corrected chi connectivity index (χ0v) is 25.7. The van der Waals surface area contributed by atoms with Crippen LogP contribution in [0.15, 0.2) is 48.5 Å². The van der Waals surface area contributed by atoms with Crippen LogP contribution in [0.5, 0.6) is 0 Å². The Balaban J connectivity index is 2.23. The van der Waals surface area contributed by atoms with Gasteiger partial charge < -0.3 is 0 Å². The van der Waals surface area contributed by atoms with E-state index in [0.717, 1.165) is 36.4 Å². The molecule has 54 heavy (non-hydrogen) atoms. The van der Waals surface area contributed by atoms with Crippen LogP contribution < -0.4 is 10.4 Å². The summed E-state index contributed by atoms with van der Waals surface area (Å²) in [5, 5.41) is 35.0. The van der Waals surface area contributed by atoms with Crippen LogP contribution in [0.2, 0.25) is 0 Å². The fraction of sp³-hybridized carbons (Fsp3) is 0.0556. The van der Waals surface area contributed by atoms with Crippen LogP contribution in [-0.4, -0.2) is 0 Å². The van der Waals surface area contributed by atoms with Gasteiger partial charge in [0, 0.05) is 10.4 Å². The minimum Gasteiger partial charge on any atom is -0.203 e. The Morgan fingerprint density at radius 3 is 1.24 bits per heavy atom. The van der Waals surface area contributed by atoms with E-state index in [1.807, 2.05) is 0 Å². The normalized spacial score (nSPS) is 12.8. The molecule has 0 saturated carbocycles. The number of rotatable bonds is 3. The summed E-state index contributed by atoms with van der Waals surface area (Å²) in [6.07, 6.45) is -11.1. The summed E-state index contributed by atoms with van der Waals surface area (Å²) < 4.78 is 205. The zero-order valence-electron chi connectivity index (χ0n) is 25.7. The summed E-state index contributed by atoms with van der Waals surface area (Å²) in [5.74, 6) is -18.9. The summed E-state index contributed by atoms with van der Waals surface area (Å²) >= 11 is 0. The number of nitrogens with zero attached hydrogens (tertiary/aromatic N) is 4. The van der Waals surface area contributed by atoms with Crippen LogP contribution in [-0.2, 0) is 12.4 Å². The van der Waals surface area contributed by atoms with Gasteiger partial charge in [-0.1, -0.05) is 24.3 Å². The first kappa shape index (κ1) is 38.3. The van der Waals surface area contributed by atoms with E-state index >= 15 is 17.6 Å². The van der Waals surface area contributed by atoms with Gasteiger partial charge in [0.15, 0.2) is 46.5 Å². The maximum atomic E-state index is 15.5. The van der Waals surface area contributed by atoms with E-state index in [1.54, 1.807) is 0 Å². The molecule has 18 heteroatoms. The first-order valence-electron chi connectivity index (χ1n) is 14.2. The van der Waals surface area contributed by atoms with Crippen molar-refractivity contribution in [2.45, 2.75) is 12.4 Å². The first-order chi connectivity index (χ1) is 25.2. The Morgan fingerprint density at radius 1 is 0.481 bits per heavy atom. The Morgan fingerprint density at radius 2 is 0.870 bits per heavy atom. The molecule has 0 saturated heterocycles. The van der Waals surface area contributed by atoms with Crippen LogP contribution >= 0.6 is 0 Å². The molecule has 5 aromatic rings. The second-order valence-electron chi connectivity index (χ2n) is 10.9. The van der Waals surface area contributed by atoms with Gasteiger partial charge >= 0.3 is 12.4 Å². The number of alkyl halides is 6. The second kappa shape index (κ2) is 13.6. The van der Waals surface area contributed by atoms with E-state index in [2.05, 4.69) is 0 Å². The summed E-state index contributed by atoms with van der Waals surface area (Å²) in [6, 6.07) is 8.05. The molecule has 0 fully saturated rings. The van der Waals surface area contributed by atoms with Gasteiger partial charge in [-0.25, -0.2) is 35.1 Å². The van der Waals surface area contributed by atoms with E-state index in [4.69, 9.17) is 10.5 Å². The lowest BCUT2D eigenvalue weighted by Gasteiger charge is -2.17. The quantitative estimate of drug-likeness (QED) is 0.136. The SMILES string of the molecule is N#C/C(c1c(F)c(F)c(C#N)c(F)c1F)=c1/cc(-c2cc(C(F)(F)F)cc(C(F)(F)F)c2)/c(=C(\C#N)c2c(F)c(F)c(C#N)c(F)c2F)c2ccccc12. The first-order valence-corrected chi connectivity index (χ1v) is 14.2. The number of hydrogen-bond acceptors (Lipinski definition) is 4. The predicted molar refractivity (Wildman–Crippen MR) is 157 cm³/mol. The molecule has 0 N–H and O–H groups in total. The molecule has 0 aliphatic carbocycles. The predicted octanol–water partition coefficient (Wildman–Crippen LogP) is 8.85. The Hall–Kier alpha value is -6.92. The number of benzene rings is 5. The molecule has 0 aliphatic rings. The van der Waals surface area contributed by atoms with Crippen molar-refractivity contribution in [3.05, 3.63) is 139 Å². The molecule has 5 aromatic carbocycles. The molecule has 0 unspecified atom stereocenters. The van der Waals surface area contributed by atoms with Crippen molar-refractivity contribution < 1.29 is 61.5 Å². The molecule has 5 rings (SSSR count). The Labute approximate surface area is 291 Å². The van der Waals surface area contributed by atoms with E-state index in [1.165, 1.54) is 12.1 Å². The highest BCUT2D eigenvalue weighted by Crippen LogP contribution is 2.39. The van der Waals surface area contributed by atoms with Gasteiger partial charge in [0.2, 0.25) is 0 Å². The van der Waals surface area contributed by atoms with Gasteiger partial charge in [-0.2, -0.15) is 47.4 Å². The third kappa shape index (κ3) is 6.07. The zero-order chi connectivity index (χ0) is 40.2.